The van der Waals surface area contributed by atoms with E-state index < -0.39 is 12.2 Å². The molecule has 0 saturated heterocycles. The predicted octanol–water partition coefficient (Wildman–Crippen LogP) is 5.12. The number of hydrogen-bond acceptors (Lipinski definition) is 6. The molecule has 8 nitrogen and oxygen atoms in total. The van der Waals surface area contributed by atoms with E-state index in [4.69, 9.17) is 9.47 Å². The van der Waals surface area contributed by atoms with Crippen LogP contribution in [0.25, 0.3) is 0 Å². The van der Waals surface area contributed by atoms with E-state index in [1.807, 2.05) is 0 Å². The number of carbonyl (C=O) groups excluding carboxylic acids is 4. The van der Waals surface area contributed by atoms with E-state index in [2.05, 4.69) is 44.6 Å². The molecule has 1 unspecified atom stereocenters. The molecule has 34 heavy (non-hydrogen) atoms. The topological polar surface area (TPSA) is 111 Å². The average Bonchev–Trinajstić information content (AvgIpc) is 2.80. The van der Waals surface area contributed by atoms with Crippen molar-refractivity contribution in [3.05, 3.63) is 24.3 Å². The number of allylic oxidation sites excluding steroid dienone is 2. The fourth-order valence-electron chi connectivity index (χ4n) is 3.56. The highest BCUT2D eigenvalue weighted by atomic mass is 16.6. The molecule has 2 N–H and O–H groups in total. The maximum Gasteiger partial charge on any atom is 0.407 e. The van der Waals surface area contributed by atoms with Crippen molar-refractivity contribution >= 4 is 23.8 Å². The Morgan fingerprint density at radius 2 is 1.29 bits per heavy atom. The summed E-state index contributed by atoms with van der Waals surface area (Å²) in [5.74, 6) is 0.122. The van der Waals surface area contributed by atoms with Gasteiger partial charge in [0.05, 0.1) is 0 Å². The normalized spacial score (nSPS) is 11.8. The van der Waals surface area contributed by atoms with Gasteiger partial charge in [-0.15, -0.1) is 0 Å². The fourth-order valence-corrected chi connectivity index (χ4v) is 3.56. The van der Waals surface area contributed by atoms with Crippen LogP contribution in [0.1, 0.15) is 79.6 Å². The van der Waals surface area contributed by atoms with E-state index in [0.717, 1.165) is 32.1 Å². The Morgan fingerprint density at radius 1 is 0.824 bits per heavy atom. The standard InChI is InChI=1S/C26H44N2O6/c1-8-21(11-14-27-24(31)33-15-12-22(29)19(4)5)17-26(9-2,10-3)18-28-25(32)34-16-13-23(30)20(6)7/h21H,4,6,8-18H2,1-3,5,7H3,(H,27,31)(H,28,32). The van der Waals surface area contributed by atoms with E-state index in [9.17, 15) is 19.2 Å². The van der Waals surface area contributed by atoms with E-state index in [0.29, 0.717) is 30.2 Å². The second kappa shape index (κ2) is 16.9. The molecule has 0 aliphatic rings. The number of carbonyl (C=O) groups is 4. The summed E-state index contributed by atoms with van der Waals surface area (Å²) in [6.07, 6.45) is 3.61. The third-order valence-electron chi connectivity index (χ3n) is 6.31. The van der Waals surface area contributed by atoms with Crippen LogP contribution in [0.2, 0.25) is 0 Å². The Hall–Kier alpha value is -2.64. The molecular weight excluding hydrogens is 436 g/mol. The first kappa shape index (κ1) is 31.4. The number of ether oxygens (including phenoxy) is 2. The van der Waals surface area contributed by atoms with Gasteiger partial charge in [-0.2, -0.15) is 0 Å². The van der Waals surface area contributed by atoms with Crippen LogP contribution in [0.3, 0.4) is 0 Å². The van der Waals surface area contributed by atoms with Crippen LogP contribution in [0, 0.1) is 11.3 Å². The SMILES string of the molecule is C=C(C)C(=O)CCOC(=O)NCCC(CC)CC(CC)(CC)CNC(=O)OCCC(=O)C(=C)C. The fraction of sp³-hybridized carbons (Fsp3) is 0.692. The van der Waals surface area contributed by atoms with Crippen LogP contribution in [0.4, 0.5) is 9.59 Å². The largest absolute Gasteiger partial charge is 0.449 e. The lowest BCUT2D eigenvalue weighted by molar-refractivity contribution is -0.116. The van der Waals surface area contributed by atoms with Gasteiger partial charge in [0.25, 0.3) is 0 Å². The first-order valence-electron chi connectivity index (χ1n) is 12.2. The van der Waals surface area contributed by atoms with E-state index >= 15 is 0 Å². The maximum absolute atomic E-state index is 12.1. The summed E-state index contributed by atoms with van der Waals surface area (Å²) in [5, 5.41) is 5.60. The first-order valence-corrected chi connectivity index (χ1v) is 12.2. The van der Waals surface area contributed by atoms with E-state index in [1.54, 1.807) is 13.8 Å². The van der Waals surface area contributed by atoms with Gasteiger partial charge < -0.3 is 20.1 Å². The quantitative estimate of drug-likeness (QED) is 0.263. The van der Waals surface area contributed by atoms with Crippen molar-refractivity contribution in [2.24, 2.45) is 11.3 Å². The number of amides is 2. The van der Waals surface area contributed by atoms with Crippen molar-refractivity contribution in [3.63, 3.8) is 0 Å². The summed E-state index contributed by atoms with van der Waals surface area (Å²) in [5.41, 5.74) is 0.813. The molecule has 0 aliphatic heterocycles. The molecule has 0 saturated carbocycles. The molecule has 0 aromatic rings. The summed E-state index contributed by atoms with van der Waals surface area (Å²) < 4.78 is 10.2. The van der Waals surface area contributed by atoms with E-state index in [1.165, 1.54) is 0 Å². The Morgan fingerprint density at radius 3 is 1.71 bits per heavy atom. The number of hydrogen-bond donors (Lipinski definition) is 2. The molecule has 0 fully saturated rings. The molecule has 0 aromatic carbocycles. The van der Waals surface area contributed by atoms with Crippen molar-refractivity contribution in [1.82, 2.24) is 10.6 Å². The smallest absolute Gasteiger partial charge is 0.407 e. The Labute approximate surface area is 204 Å². The summed E-state index contributed by atoms with van der Waals surface area (Å²) in [4.78, 5) is 47.0. The molecule has 0 spiro atoms. The van der Waals surface area contributed by atoms with Gasteiger partial charge in [-0.3, -0.25) is 9.59 Å². The van der Waals surface area contributed by atoms with Crippen molar-refractivity contribution in [2.75, 3.05) is 26.3 Å². The molecule has 0 radical (unpaired) electrons. The molecule has 0 rings (SSSR count). The molecule has 0 heterocycles. The molecule has 0 bridgehead atoms. The minimum absolute atomic E-state index is 0.0312. The average molecular weight is 481 g/mol. The van der Waals surface area contributed by atoms with Gasteiger partial charge in [-0.25, -0.2) is 9.59 Å². The van der Waals surface area contributed by atoms with Crippen molar-refractivity contribution in [3.8, 4) is 0 Å². The van der Waals surface area contributed by atoms with Crippen LogP contribution in [-0.2, 0) is 19.1 Å². The van der Waals surface area contributed by atoms with Gasteiger partial charge in [-0.05, 0) is 62.0 Å². The highest BCUT2D eigenvalue weighted by molar-refractivity contribution is 5.94. The first-order chi connectivity index (χ1) is 16.0. The Balaban J connectivity index is 4.51. The number of nitrogens with one attached hydrogen (secondary N) is 2. The Bertz CT molecular complexity index is 712. The zero-order valence-corrected chi connectivity index (χ0v) is 21.7. The summed E-state index contributed by atoms with van der Waals surface area (Å²) in [6, 6.07) is 0. The second-order valence-corrected chi connectivity index (χ2v) is 8.93. The van der Waals surface area contributed by atoms with Crippen molar-refractivity contribution in [2.45, 2.75) is 79.6 Å². The van der Waals surface area contributed by atoms with Gasteiger partial charge in [0, 0.05) is 25.9 Å². The van der Waals surface area contributed by atoms with Crippen molar-refractivity contribution < 1.29 is 28.7 Å². The second-order valence-electron chi connectivity index (χ2n) is 8.93. The molecular formula is C26H44N2O6. The number of rotatable bonds is 18. The zero-order chi connectivity index (χ0) is 26.1. The monoisotopic (exact) mass is 480 g/mol. The lowest BCUT2D eigenvalue weighted by Gasteiger charge is -2.35. The minimum atomic E-state index is -0.531. The number of ketones is 2. The van der Waals surface area contributed by atoms with Crippen LogP contribution >= 0.6 is 0 Å². The Kier molecular flexibility index (Phi) is 15.6. The third kappa shape index (κ3) is 13.2. The van der Waals surface area contributed by atoms with Crippen molar-refractivity contribution in [1.29, 1.82) is 0 Å². The summed E-state index contributed by atoms with van der Waals surface area (Å²) in [7, 11) is 0. The van der Waals surface area contributed by atoms with Crippen LogP contribution in [-0.4, -0.2) is 50.1 Å². The van der Waals surface area contributed by atoms with E-state index in [-0.39, 0.29) is 43.0 Å². The van der Waals surface area contributed by atoms with Gasteiger partial charge in [-0.1, -0.05) is 40.3 Å². The van der Waals surface area contributed by atoms with Gasteiger partial charge in [0.15, 0.2) is 11.6 Å². The minimum Gasteiger partial charge on any atom is -0.449 e. The highest BCUT2D eigenvalue weighted by Crippen LogP contribution is 2.35. The lowest BCUT2D eigenvalue weighted by atomic mass is 9.73. The van der Waals surface area contributed by atoms with Gasteiger partial charge in [0.1, 0.15) is 13.2 Å². The third-order valence-corrected chi connectivity index (χ3v) is 6.31. The summed E-state index contributed by atoms with van der Waals surface area (Å²) >= 11 is 0. The molecule has 0 aliphatic carbocycles. The van der Waals surface area contributed by atoms with Gasteiger partial charge in [0.2, 0.25) is 0 Å². The summed E-state index contributed by atoms with van der Waals surface area (Å²) in [6.45, 7) is 17.8. The predicted molar refractivity (Wildman–Crippen MR) is 134 cm³/mol. The molecule has 194 valence electrons. The van der Waals surface area contributed by atoms with Crippen LogP contribution < -0.4 is 10.6 Å². The maximum atomic E-state index is 12.1. The number of alkyl carbamates (subject to hydrolysis) is 2. The van der Waals surface area contributed by atoms with Gasteiger partial charge >= 0.3 is 12.2 Å². The zero-order valence-electron chi connectivity index (χ0n) is 21.7. The highest BCUT2D eigenvalue weighted by Gasteiger charge is 2.30. The number of Topliss-reactive ketones (excluding diaryl/α,β-unsaturated/α-hetero) is 2. The molecule has 1 atom stereocenters. The van der Waals surface area contributed by atoms with Crippen LogP contribution in [0.15, 0.2) is 24.3 Å². The molecule has 2 amide bonds. The van der Waals surface area contributed by atoms with Crippen LogP contribution in [0.5, 0.6) is 0 Å². The molecule has 0 aromatic heterocycles. The lowest BCUT2D eigenvalue weighted by Crippen LogP contribution is -2.39. The molecule has 8 heteroatoms.